The zero-order valence-corrected chi connectivity index (χ0v) is 17.8. The summed E-state index contributed by atoms with van der Waals surface area (Å²) in [7, 11) is 0. The molecule has 1 unspecified atom stereocenters. The van der Waals surface area contributed by atoms with Gasteiger partial charge >= 0.3 is 0 Å². The molecule has 5 nitrogen and oxygen atoms in total. The van der Waals surface area contributed by atoms with Crippen LogP contribution < -0.4 is 10.1 Å². The van der Waals surface area contributed by atoms with Gasteiger partial charge in [-0.25, -0.2) is 4.39 Å². The molecule has 0 saturated heterocycles. The summed E-state index contributed by atoms with van der Waals surface area (Å²) < 4.78 is 26.5. The monoisotopic (exact) mass is 459 g/mol. The SMILES string of the molecule is CCC1(C)CC(=O)c2c(ccc3oc(C(=O)Nc4ccc(Br)cc4F)c(C)c23)O1. The highest BCUT2D eigenvalue weighted by atomic mass is 79.9. The van der Waals surface area contributed by atoms with Crippen LogP contribution in [0.5, 0.6) is 5.75 Å². The lowest BCUT2D eigenvalue weighted by Crippen LogP contribution is -2.38. The summed E-state index contributed by atoms with van der Waals surface area (Å²) in [5.74, 6) is -0.672. The van der Waals surface area contributed by atoms with Gasteiger partial charge in [0, 0.05) is 15.4 Å². The van der Waals surface area contributed by atoms with Crippen molar-refractivity contribution in [1.29, 1.82) is 0 Å². The van der Waals surface area contributed by atoms with Crippen LogP contribution in [0.15, 0.2) is 39.2 Å². The van der Waals surface area contributed by atoms with Crippen molar-refractivity contribution in [2.45, 2.75) is 39.2 Å². The van der Waals surface area contributed by atoms with Gasteiger partial charge in [0.05, 0.1) is 17.7 Å². The van der Waals surface area contributed by atoms with Crippen LogP contribution >= 0.6 is 15.9 Å². The van der Waals surface area contributed by atoms with Crippen molar-refractivity contribution >= 4 is 44.3 Å². The van der Waals surface area contributed by atoms with E-state index in [1.165, 1.54) is 12.1 Å². The lowest BCUT2D eigenvalue weighted by atomic mass is 9.87. The zero-order chi connectivity index (χ0) is 20.9. The van der Waals surface area contributed by atoms with Crippen LogP contribution in [0, 0.1) is 12.7 Å². The first-order valence-corrected chi connectivity index (χ1v) is 10.1. The number of carbonyl (C=O) groups is 2. The summed E-state index contributed by atoms with van der Waals surface area (Å²) in [4.78, 5) is 25.6. The predicted molar refractivity (Wildman–Crippen MR) is 111 cm³/mol. The van der Waals surface area contributed by atoms with Crippen molar-refractivity contribution < 1.29 is 23.1 Å². The number of nitrogens with one attached hydrogen (secondary N) is 1. The fraction of sp³-hybridized carbons (Fsp3) is 0.273. The van der Waals surface area contributed by atoms with Crippen LogP contribution in [-0.2, 0) is 0 Å². The molecule has 1 atom stereocenters. The number of furan rings is 1. The minimum Gasteiger partial charge on any atom is -0.486 e. The van der Waals surface area contributed by atoms with Crippen molar-refractivity contribution in [2.75, 3.05) is 5.32 Å². The fourth-order valence-electron chi connectivity index (χ4n) is 3.60. The smallest absolute Gasteiger partial charge is 0.291 e. The average molecular weight is 460 g/mol. The Bertz CT molecular complexity index is 1170. The minimum absolute atomic E-state index is 0.0346. The molecule has 29 heavy (non-hydrogen) atoms. The van der Waals surface area contributed by atoms with E-state index in [1.807, 2.05) is 13.8 Å². The second-order valence-corrected chi connectivity index (χ2v) is 8.37. The van der Waals surface area contributed by atoms with E-state index < -0.39 is 17.3 Å². The van der Waals surface area contributed by atoms with Gasteiger partial charge in [-0.3, -0.25) is 9.59 Å². The molecule has 0 radical (unpaired) electrons. The van der Waals surface area contributed by atoms with Gasteiger partial charge in [0.25, 0.3) is 5.91 Å². The number of anilines is 1. The highest BCUT2D eigenvalue weighted by molar-refractivity contribution is 9.10. The number of aryl methyl sites for hydroxylation is 1. The zero-order valence-electron chi connectivity index (χ0n) is 16.2. The van der Waals surface area contributed by atoms with E-state index in [1.54, 1.807) is 25.1 Å². The first-order valence-electron chi connectivity index (χ1n) is 9.27. The van der Waals surface area contributed by atoms with Crippen molar-refractivity contribution in [1.82, 2.24) is 0 Å². The van der Waals surface area contributed by atoms with Crippen LogP contribution in [0.1, 0.15) is 53.2 Å². The Morgan fingerprint density at radius 1 is 1.31 bits per heavy atom. The summed E-state index contributed by atoms with van der Waals surface area (Å²) >= 11 is 3.18. The molecule has 0 aliphatic carbocycles. The van der Waals surface area contributed by atoms with Gasteiger partial charge in [-0.15, -0.1) is 0 Å². The van der Waals surface area contributed by atoms with Gasteiger partial charge in [0.15, 0.2) is 11.5 Å². The fourth-order valence-corrected chi connectivity index (χ4v) is 3.93. The van der Waals surface area contributed by atoms with Gasteiger partial charge in [0.1, 0.15) is 22.8 Å². The molecular formula is C22H19BrFNO4. The van der Waals surface area contributed by atoms with Gasteiger partial charge in [-0.1, -0.05) is 22.9 Å². The molecule has 1 aliphatic rings. The average Bonchev–Trinajstić information content (AvgIpc) is 3.00. The van der Waals surface area contributed by atoms with Gasteiger partial charge in [0.2, 0.25) is 0 Å². The molecule has 2 aromatic carbocycles. The molecule has 0 spiro atoms. The first-order chi connectivity index (χ1) is 13.7. The third-order valence-corrected chi connectivity index (χ3v) is 5.85. The van der Waals surface area contributed by atoms with E-state index in [2.05, 4.69) is 21.2 Å². The van der Waals surface area contributed by atoms with E-state index in [0.29, 0.717) is 38.7 Å². The Hall–Kier alpha value is -2.67. The molecule has 0 saturated carbocycles. The minimum atomic E-state index is -0.587. The number of hydrogen-bond acceptors (Lipinski definition) is 4. The standard InChI is InChI=1S/C22H19BrFNO4/c1-4-22(3)10-15(26)19-17(29-22)8-7-16-18(19)11(2)20(28-16)21(27)25-14-6-5-12(23)9-13(14)24/h5-9H,4,10H2,1-3H3,(H,25,27). The van der Waals surface area contributed by atoms with Gasteiger partial charge in [-0.05, 0) is 50.6 Å². The highest BCUT2D eigenvalue weighted by Gasteiger charge is 2.37. The number of ketones is 1. The number of ether oxygens (including phenoxy) is 1. The number of amides is 1. The highest BCUT2D eigenvalue weighted by Crippen LogP contribution is 2.41. The van der Waals surface area contributed by atoms with Crippen LogP contribution in [0.4, 0.5) is 10.1 Å². The summed E-state index contributed by atoms with van der Waals surface area (Å²) in [5.41, 5.74) is 0.861. The largest absolute Gasteiger partial charge is 0.486 e. The molecule has 2 heterocycles. The van der Waals surface area contributed by atoms with E-state index in [4.69, 9.17) is 9.15 Å². The maximum absolute atomic E-state index is 14.1. The topological polar surface area (TPSA) is 68.5 Å². The van der Waals surface area contributed by atoms with E-state index in [-0.39, 0.29) is 23.7 Å². The van der Waals surface area contributed by atoms with E-state index >= 15 is 0 Å². The number of halogens is 2. The van der Waals surface area contributed by atoms with Crippen molar-refractivity contribution in [3.8, 4) is 5.75 Å². The number of benzene rings is 2. The van der Waals surface area contributed by atoms with Crippen molar-refractivity contribution in [3.63, 3.8) is 0 Å². The Morgan fingerprint density at radius 2 is 2.07 bits per heavy atom. The second kappa shape index (κ2) is 6.99. The molecule has 0 fully saturated rings. The third-order valence-electron chi connectivity index (χ3n) is 5.36. The molecule has 1 aliphatic heterocycles. The number of hydrogen-bond donors (Lipinski definition) is 1. The molecule has 4 rings (SSSR count). The lowest BCUT2D eigenvalue weighted by molar-refractivity contribution is 0.0503. The third kappa shape index (κ3) is 3.33. The Labute approximate surface area is 175 Å². The maximum Gasteiger partial charge on any atom is 0.291 e. The number of fused-ring (bicyclic) bond motifs is 3. The molecule has 150 valence electrons. The quantitative estimate of drug-likeness (QED) is 0.519. The summed E-state index contributed by atoms with van der Waals surface area (Å²) in [6.07, 6.45) is 0.957. The molecule has 1 amide bonds. The molecule has 3 aromatic rings. The summed E-state index contributed by atoms with van der Waals surface area (Å²) in [5, 5.41) is 3.09. The molecule has 1 aromatic heterocycles. The summed E-state index contributed by atoms with van der Waals surface area (Å²) in [6.45, 7) is 5.59. The Balaban J connectivity index is 1.76. The Kier molecular flexibility index (Phi) is 4.73. The van der Waals surface area contributed by atoms with E-state index in [9.17, 15) is 14.0 Å². The Morgan fingerprint density at radius 3 is 2.76 bits per heavy atom. The maximum atomic E-state index is 14.1. The molecule has 7 heteroatoms. The summed E-state index contributed by atoms with van der Waals surface area (Å²) in [6, 6.07) is 7.73. The lowest BCUT2D eigenvalue weighted by Gasteiger charge is -2.34. The molecule has 1 N–H and O–H groups in total. The second-order valence-electron chi connectivity index (χ2n) is 7.45. The van der Waals surface area contributed by atoms with E-state index in [0.717, 1.165) is 0 Å². The van der Waals surface area contributed by atoms with Gasteiger partial charge < -0.3 is 14.5 Å². The van der Waals surface area contributed by atoms with Crippen molar-refractivity contribution in [2.24, 2.45) is 0 Å². The van der Waals surface area contributed by atoms with Crippen molar-refractivity contribution in [3.05, 3.63) is 57.5 Å². The molecular weight excluding hydrogens is 441 g/mol. The number of rotatable bonds is 3. The predicted octanol–water partition coefficient (Wildman–Crippen LogP) is 6.03. The van der Waals surface area contributed by atoms with Crippen LogP contribution in [-0.4, -0.2) is 17.3 Å². The normalized spacial score (nSPS) is 18.4. The number of Topliss-reactive ketones (excluding diaryl/α,β-unsaturated/α-hetero) is 1. The van der Waals surface area contributed by atoms with Gasteiger partial charge in [-0.2, -0.15) is 0 Å². The first kappa shape index (κ1) is 19.6. The van der Waals surface area contributed by atoms with Crippen LogP contribution in [0.25, 0.3) is 11.0 Å². The van der Waals surface area contributed by atoms with Crippen LogP contribution in [0.3, 0.4) is 0 Å². The number of carbonyl (C=O) groups excluding carboxylic acids is 2. The van der Waals surface area contributed by atoms with Crippen LogP contribution in [0.2, 0.25) is 0 Å². The molecule has 0 bridgehead atoms.